The van der Waals surface area contributed by atoms with E-state index in [0.717, 1.165) is 35.2 Å². The molecule has 1 aliphatic rings. The van der Waals surface area contributed by atoms with E-state index >= 15 is 0 Å². The van der Waals surface area contributed by atoms with Gasteiger partial charge in [-0.15, -0.1) is 0 Å². The monoisotopic (exact) mass is 505 g/mol. The van der Waals surface area contributed by atoms with Crippen LogP contribution in [0.3, 0.4) is 0 Å². The fourth-order valence-electron chi connectivity index (χ4n) is 5.29. The number of H-pyrrole nitrogens is 2. The van der Waals surface area contributed by atoms with Gasteiger partial charge in [0.15, 0.2) is 0 Å². The summed E-state index contributed by atoms with van der Waals surface area (Å²) in [7, 11) is 0. The molecule has 38 heavy (non-hydrogen) atoms. The first-order chi connectivity index (χ1) is 18.5. The van der Waals surface area contributed by atoms with Crippen LogP contribution in [0.2, 0.25) is 0 Å². The average Bonchev–Trinajstić information content (AvgIpc) is 3.64. The summed E-state index contributed by atoms with van der Waals surface area (Å²) in [5.41, 5.74) is 4.47. The fourth-order valence-corrected chi connectivity index (χ4v) is 5.29. The van der Waals surface area contributed by atoms with Gasteiger partial charge in [-0.1, -0.05) is 42.5 Å². The zero-order valence-electron chi connectivity index (χ0n) is 21.1. The second kappa shape index (κ2) is 9.23. The number of hydrogen-bond donors (Lipinski definition) is 3. The van der Waals surface area contributed by atoms with E-state index in [2.05, 4.69) is 33.7 Å². The molecule has 3 heterocycles. The van der Waals surface area contributed by atoms with Gasteiger partial charge < -0.3 is 20.0 Å². The average molecular weight is 506 g/mol. The number of aromatic nitrogens is 3. The lowest BCUT2D eigenvalue weighted by Crippen LogP contribution is -2.30. The molecule has 0 aliphatic carbocycles. The predicted molar refractivity (Wildman–Crippen MR) is 149 cm³/mol. The van der Waals surface area contributed by atoms with Crippen molar-refractivity contribution < 1.29 is 14.7 Å². The quantitative estimate of drug-likeness (QED) is 0.160. The Balaban J connectivity index is 1.55. The minimum Gasteiger partial charge on any atom is -0.507 e. The van der Waals surface area contributed by atoms with Crippen LogP contribution in [-0.4, -0.2) is 44.8 Å². The molecular formula is C30H27N5O3. The molecule has 1 amide bonds. The number of carbonyl (C=O) groups excluding carboxylic acids is 2. The van der Waals surface area contributed by atoms with E-state index in [4.69, 9.17) is 0 Å². The second-order valence-electron chi connectivity index (χ2n) is 9.26. The van der Waals surface area contributed by atoms with E-state index in [0.29, 0.717) is 16.6 Å². The number of nitrogens with zero attached hydrogens (tertiary/aromatic N) is 3. The molecule has 0 bridgehead atoms. The van der Waals surface area contributed by atoms with Crippen molar-refractivity contribution in [3.63, 3.8) is 0 Å². The topological polar surface area (TPSA) is 105 Å². The van der Waals surface area contributed by atoms with Gasteiger partial charge in [0.1, 0.15) is 5.76 Å². The molecule has 1 atom stereocenters. The highest BCUT2D eigenvalue weighted by Gasteiger charge is 2.48. The Hall–Kier alpha value is -4.85. The van der Waals surface area contributed by atoms with Crippen LogP contribution in [0.5, 0.6) is 0 Å². The normalized spacial score (nSPS) is 17.1. The van der Waals surface area contributed by atoms with Crippen molar-refractivity contribution >= 4 is 51.0 Å². The summed E-state index contributed by atoms with van der Waals surface area (Å²) in [6.07, 6.45) is 1.66. The third-order valence-electron chi connectivity index (χ3n) is 7.23. The summed E-state index contributed by atoms with van der Waals surface area (Å²) in [6, 6.07) is 21.9. The fraction of sp³-hybridized carbons (Fsp3) is 0.167. The van der Waals surface area contributed by atoms with Gasteiger partial charge >= 0.3 is 5.91 Å². The van der Waals surface area contributed by atoms with Gasteiger partial charge in [0.05, 0.1) is 22.6 Å². The number of amides is 1. The number of Topliss-reactive ketones (excluding diaryl/α,β-unsaturated/α-hetero) is 1. The predicted octanol–water partition coefficient (Wildman–Crippen LogP) is 5.52. The maximum atomic E-state index is 13.6. The van der Waals surface area contributed by atoms with Crippen molar-refractivity contribution in [3.8, 4) is 0 Å². The number of nitrogens with one attached hydrogen (secondary N) is 2. The van der Waals surface area contributed by atoms with Crippen LogP contribution in [0.4, 0.5) is 11.6 Å². The van der Waals surface area contributed by atoms with E-state index in [9.17, 15) is 14.7 Å². The van der Waals surface area contributed by atoms with Gasteiger partial charge in [0.2, 0.25) is 5.95 Å². The number of hydrogen-bond acceptors (Lipinski definition) is 5. The van der Waals surface area contributed by atoms with E-state index < -0.39 is 17.7 Å². The maximum Gasteiger partial charge on any atom is 0.302 e. The van der Waals surface area contributed by atoms with Crippen LogP contribution in [0.15, 0.2) is 84.6 Å². The molecule has 1 saturated heterocycles. The summed E-state index contributed by atoms with van der Waals surface area (Å²) in [5.74, 6) is -1.48. The molecular weight excluding hydrogens is 478 g/mol. The highest BCUT2D eigenvalue weighted by molar-refractivity contribution is 6.51. The molecule has 0 radical (unpaired) electrons. The summed E-state index contributed by atoms with van der Waals surface area (Å²) < 4.78 is 0. The van der Waals surface area contributed by atoms with Crippen molar-refractivity contribution in [2.45, 2.75) is 19.9 Å². The lowest BCUT2D eigenvalue weighted by atomic mass is 9.95. The Morgan fingerprint density at radius 1 is 0.947 bits per heavy atom. The Morgan fingerprint density at radius 3 is 2.34 bits per heavy atom. The molecule has 0 saturated carbocycles. The molecule has 3 aromatic carbocycles. The van der Waals surface area contributed by atoms with Crippen molar-refractivity contribution in [1.29, 1.82) is 0 Å². The smallest absolute Gasteiger partial charge is 0.302 e. The zero-order chi connectivity index (χ0) is 26.4. The van der Waals surface area contributed by atoms with E-state index in [1.54, 1.807) is 6.20 Å². The maximum absolute atomic E-state index is 13.6. The van der Waals surface area contributed by atoms with E-state index in [1.807, 2.05) is 72.8 Å². The van der Waals surface area contributed by atoms with Crippen LogP contribution in [-0.2, 0) is 9.59 Å². The summed E-state index contributed by atoms with van der Waals surface area (Å²) in [5, 5.41) is 12.3. The standard InChI is InChI=1S/C30H27N5O3/c1-3-34(4-2)19-15-13-18(14-16-19)26-25(27(36)21-17-31-22-10-6-5-9-20(21)22)28(37)29(38)35(26)30-32-23-11-7-8-12-24(23)33-30/h5-17,26,31,36H,3-4H2,1-2H3,(H,32,33)/b27-25+. The molecule has 1 fully saturated rings. The number of aliphatic hydroxyl groups is 1. The number of carbonyl (C=O) groups is 2. The third-order valence-corrected chi connectivity index (χ3v) is 7.23. The van der Waals surface area contributed by atoms with Crippen LogP contribution in [0.25, 0.3) is 27.7 Å². The minimum atomic E-state index is -0.866. The molecule has 3 N–H and O–H groups in total. The molecule has 1 unspecified atom stereocenters. The SMILES string of the molecule is CCN(CC)c1ccc(C2/C(=C(\O)c3c[nH]c4ccccc34)C(=O)C(=O)N2c2nc3ccccc3[nH]2)cc1. The van der Waals surface area contributed by atoms with Gasteiger partial charge in [0.25, 0.3) is 5.78 Å². The number of fused-ring (bicyclic) bond motifs is 2. The Morgan fingerprint density at radius 2 is 1.63 bits per heavy atom. The summed E-state index contributed by atoms with van der Waals surface area (Å²) in [4.78, 5) is 41.6. The molecule has 5 aromatic rings. The lowest BCUT2D eigenvalue weighted by molar-refractivity contribution is -0.132. The number of anilines is 2. The third kappa shape index (κ3) is 3.64. The van der Waals surface area contributed by atoms with E-state index in [1.165, 1.54) is 4.90 Å². The Kier molecular flexibility index (Phi) is 5.72. The number of benzene rings is 3. The molecule has 8 nitrogen and oxygen atoms in total. The first-order valence-corrected chi connectivity index (χ1v) is 12.7. The molecule has 6 rings (SSSR count). The highest BCUT2D eigenvalue weighted by atomic mass is 16.3. The largest absolute Gasteiger partial charge is 0.507 e. The van der Waals surface area contributed by atoms with Crippen molar-refractivity contribution in [3.05, 3.63) is 95.7 Å². The zero-order valence-corrected chi connectivity index (χ0v) is 21.1. The van der Waals surface area contributed by atoms with Crippen molar-refractivity contribution in [1.82, 2.24) is 15.0 Å². The van der Waals surface area contributed by atoms with Gasteiger partial charge in [-0.25, -0.2) is 4.98 Å². The van der Waals surface area contributed by atoms with Crippen LogP contribution in [0.1, 0.15) is 31.0 Å². The number of rotatable bonds is 6. The number of imidazole rings is 1. The van der Waals surface area contributed by atoms with Gasteiger partial charge in [0, 0.05) is 41.4 Å². The van der Waals surface area contributed by atoms with Gasteiger partial charge in [-0.05, 0) is 49.7 Å². The first-order valence-electron chi connectivity index (χ1n) is 12.7. The van der Waals surface area contributed by atoms with Crippen molar-refractivity contribution in [2.24, 2.45) is 0 Å². The van der Waals surface area contributed by atoms with Gasteiger partial charge in [-0.3, -0.25) is 14.5 Å². The minimum absolute atomic E-state index is 0.0239. The van der Waals surface area contributed by atoms with Crippen LogP contribution < -0.4 is 9.80 Å². The highest BCUT2D eigenvalue weighted by Crippen LogP contribution is 2.43. The Labute approximate surface area is 219 Å². The molecule has 1 aliphatic heterocycles. The molecule has 0 spiro atoms. The number of para-hydroxylation sites is 3. The van der Waals surface area contributed by atoms with Crippen molar-refractivity contribution in [2.75, 3.05) is 22.9 Å². The number of ketones is 1. The summed E-state index contributed by atoms with van der Waals surface area (Å²) >= 11 is 0. The molecule has 2 aromatic heterocycles. The summed E-state index contributed by atoms with van der Waals surface area (Å²) in [6.45, 7) is 5.89. The molecule has 190 valence electrons. The van der Waals surface area contributed by atoms with Crippen LogP contribution in [0, 0.1) is 0 Å². The van der Waals surface area contributed by atoms with Crippen LogP contribution >= 0.6 is 0 Å². The van der Waals surface area contributed by atoms with E-state index in [-0.39, 0.29) is 17.3 Å². The first kappa shape index (κ1) is 23.5. The number of aliphatic hydroxyl groups excluding tert-OH is 1. The lowest BCUT2D eigenvalue weighted by Gasteiger charge is -2.25. The second-order valence-corrected chi connectivity index (χ2v) is 9.26. The number of aromatic amines is 2. The Bertz CT molecular complexity index is 1680. The molecule has 8 heteroatoms. The van der Waals surface area contributed by atoms with Gasteiger partial charge in [-0.2, -0.15) is 0 Å².